The molecule has 0 saturated heterocycles. The molecule has 0 amide bonds. The van der Waals surface area contributed by atoms with Crippen LogP contribution >= 0.6 is 15.9 Å². The van der Waals surface area contributed by atoms with Crippen molar-refractivity contribution in [1.82, 2.24) is 0 Å². The molecule has 0 bridgehead atoms. The second-order valence-electron chi connectivity index (χ2n) is 5.02. The van der Waals surface area contributed by atoms with E-state index in [4.69, 9.17) is 0 Å². The van der Waals surface area contributed by atoms with Crippen LogP contribution in [0.1, 0.15) is 44.1 Å². The number of hydrogen-bond acceptors (Lipinski definition) is 1. The average Bonchev–Trinajstić information content (AvgIpc) is 2.59. The molecule has 5 heteroatoms. The summed E-state index contributed by atoms with van der Waals surface area (Å²) in [6.45, 7) is 0. The fraction of sp³-hybridized carbons (Fsp3) is 0.571. The quantitative estimate of drug-likeness (QED) is 0.693. The minimum Gasteiger partial charge on any atom is -0.382 e. The smallest absolute Gasteiger partial charge is 0.382 e. The molecule has 1 fully saturated rings. The molecule has 0 unspecified atom stereocenters. The van der Waals surface area contributed by atoms with Crippen molar-refractivity contribution < 1.29 is 13.2 Å². The Morgan fingerprint density at radius 1 is 1.05 bits per heavy atom. The first-order chi connectivity index (χ1) is 8.97. The van der Waals surface area contributed by atoms with Crippen LogP contribution in [0.4, 0.5) is 18.9 Å². The molecular formula is C14H17BrF3N. The maximum Gasteiger partial charge on any atom is 0.418 e. The highest BCUT2D eigenvalue weighted by molar-refractivity contribution is 9.10. The average molecular weight is 336 g/mol. The molecule has 19 heavy (non-hydrogen) atoms. The first kappa shape index (κ1) is 14.7. The van der Waals surface area contributed by atoms with Gasteiger partial charge in [0.25, 0.3) is 0 Å². The third-order valence-electron chi connectivity index (χ3n) is 3.50. The molecule has 106 valence electrons. The predicted octanol–water partition coefficient (Wildman–Crippen LogP) is 5.60. The van der Waals surface area contributed by atoms with Gasteiger partial charge in [-0.15, -0.1) is 0 Å². The van der Waals surface area contributed by atoms with Crippen LogP contribution in [0.2, 0.25) is 0 Å². The van der Waals surface area contributed by atoms with Gasteiger partial charge in [0.2, 0.25) is 0 Å². The van der Waals surface area contributed by atoms with Crippen LogP contribution in [0.25, 0.3) is 0 Å². The van der Waals surface area contributed by atoms with E-state index in [-0.39, 0.29) is 11.7 Å². The summed E-state index contributed by atoms with van der Waals surface area (Å²) >= 11 is 3.10. The lowest BCUT2D eigenvalue weighted by Gasteiger charge is -2.21. The molecule has 1 aromatic carbocycles. The van der Waals surface area contributed by atoms with Crippen LogP contribution in [-0.4, -0.2) is 6.04 Å². The third-order valence-corrected chi connectivity index (χ3v) is 4.00. The molecule has 0 spiro atoms. The van der Waals surface area contributed by atoms with E-state index in [2.05, 4.69) is 21.2 Å². The number of alkyl halides is 3. The van der Waals surface area contributed by atoms with Crippen molar-refractivity contribution >= 4 is 21.6 Å². The van der Waals surface area contributed by atoms with Crippen LogP contribution < -0.4 is 5.32 Å². The fourth-order valence-electron chi connectivity index (χ4n) is 2.52. The van der Waals surface area contributed by atoms with Gasteiger partial charge in [-0.05, 0) is 31.0 Å². The normalized spacial score (nSPS) is 18.1. The van der Waals surface area contributed by atoms with Crippen molar-refractivity contribution in [3.05, 3.63) is 28.2 Å². The second-order valence-corrected chi connectivity index (χ2v) is 5.94. The van der Waals surface area contributed by atoms with Crippen molar-refractivity contribution in [3.8, 4) is 0 Å². The van der Waals surface area contributed by atoms with Crippen LogP contribution in [0, 0.1) is 0 Å². The van der Waals surface area contributed by atoms with Gasteiger partial charge in [-0.2, -0.15) is 13.2 Å². The van der Waals surface area contributed by atoms with Crippen LogP contribution in [0.15, 0.2) is 22.7 Å². The Morgan fingerprint density at radius 3 is 2.26 bits per heavy atom. The lowest BCUT2D eigenvalue weighted by atomic mass is 10.1. The topological polar surface area (TPSA) is 12.0 Å². The Hall–Kier alpha value is -0.710. The summed E-state index contributed by atoms with van der Waals surface area (Å²) in [4.78, 5) is 0. The maximum atomic E-state index is 13.0. The van der Waals surface area contributed by atoms with Gasteiger partial charge in [-0.25, -0.2) is 0 Å². The summed E-state index contributed by atoms with van der Waals surface area (Å²) in [5, 5.41) is 3.08. The van der Waals surface area contributed by atoms with Gasteiger partial charge in [0.05, 0.1) is 5.56 Å². The van der Waals surface area contributed by atoms with Gasteiger partial charge in [0.15, 0.2) is 0 Å². The van der Waals surface area contributed by atoms with E-state index in [0.717, 1.165) is 31.7 Å². The molecule has 1 nitrogen and oxygen atoms in total. The van der Waals surface area contributed by atoms with Crippen LogP contribution in [-0.2, 0) is 6.18 Å². The number of halogens is 4. The Balaban J connectivity index is 2.19. The number of benzene rings is 1. The van der Waals surface area contributed by atoms with Gasteiger partial charge >= 0.3 is 6.18 Å². The number of hydrogen-bond donors (Lipinski definition) is 1. The first-order valence-corrected chi connectivity index (χ1v) is 7.39. The van der Waals surface area contributed by atoms with E-state index in [9.17, 15) is 13.2 Å². The van der Waals surface area contributed by atoms with Gasteiger partial charge < -0.3 is 5.32 Å². The summed E-state index contributed by atoms with van der Waals surface area (Å²) in [5.41, 5.74) is -0.395. The van der Waals surface area contributed by atoms with Crippen molar-refractivity contribution in [3.63, 3.8) is 0 Å². The monoisotopic (exact) mass is 335 g/mol. The van der Waals surface area contributed by atoms with E-state index >= 15 is 0 Å². The van der Waals surface area contributed by atoms with E-state index in [0.29, 0.717) is 4.47 Å². The minimum atomic E-state index is -4.32. The summed E-state index contributed by atoms with van der Waals surface area (Å²) in [7, 11) is 0. The van der Waals surface area contributed by atoms with Crippen LogP contribution in [0.3, 0.4) is 0 Å². The molecule has 0 aliphatic heterocycles. The van der Waals surface area contributed by atoms with Gasteiger partial charge in [-0.3, -0.25) is 0 Å². The Labute approximate surface area is 119 Å². The van der Waals surface area contributed by atoms with Gasteiger partial charge in [-0.1, -0.05) is 41.6 Å². The molecule has 1 aliphatic rings. The van der Waals surface area contributed by atoms with Crippen LogP contribution in [0.5, 0.6) is 0 Å². The van der Waals surface area contributed by atoms with Crippen molar-refractivity contribution in [2.45, 2.75) is 50.7 Å². The third kappa shape index (κ3) is 4.13. The highest BCUT2D eigenvalue weighted by atomic mass is 79.9. The molecule has 1 saturated carbocycles. The molecule has 0 radical (unpaired) electrons. The number of rotatable bonds is 2. The summed E-state index contributed by atoms with van der Waals surface area (Å²) < 4.78 is 39.5. The zero-order chi connectivity index (χ0) is 13.9. The zero-order valence-electron chi connectivity index (χ0n) is 10.6. The predicted molar refractivity (Wildman–Crippen MR) is 74.3 cm³/mol. The van der Waals surface area contributed by atoms with Gasteiger partial charge in [0.1, 0.15) is 0 Å². The maximum absolute atomic E-state index is 13.0. The highest BCUT2D eigenvalue weighted by Gasteiger charge is 2.34. The second kappa shape index (κ2) is 6.16. The minimum absolute atomic E-state index is 0.157. The molecule has 1 N–H and O–H groups in total. The lowest BCUT2D eigenvalue weighted by molar-refractivity contribution is -0.137. The summed E-state index contributed by atoms with van der Waals surface area (Å²) in [6, 6.07) is 4.45. The highest BCUT2D eigenvalue weighted by Crippen LogP contribution is 2.37. The number of anilines is 1. The van der Waals surface area contributed by atoms with Crippen molar-refractivity contribution in [2.75, 3.05) is 5.32 Å². The Kier molecular flexibility index (Phi) is 4.76. The van der Waals surface area contributed by atoms with E-state index < -0.39 is 11.7 Å². The Morgan fingerprint density at radius 2 is 1.68 bits per heavy atom. The van der Waals surface area contributed by atoms with Crippen molar-refractivity contribution in [2.24, 2.45) is 0 Å². The molecule has 1 aliphatic carbocycles. The number of nitrogens with one attached hydrogen (secondary N) is 1. The molecule has 2 rings (SSSR count). The Bertz CT molecular complexity index is 423. The zero-order valence-corrected chi connectivity index (χ0v) is 12.1. The lowest BCUT2D eigenvalue weighted by Crippen LogP contribution is -2.21. The molecular weight excluding hydrogens is 319 g/mol. The fourth-order valence-corrected chi connectivity index (χ4v) is 2.88. The van der Waals surface area contributed by atoms with Crippen molar-refractivity contribution in [1.29, 1.82) is 0 Å². The van der Waals surface area contributed by atoms with E-state index in [1.807, 2.05) is 0 Å². The van der Waals surface area contributed by atoms with Gasteiger partial charge in [0, 0.05) is 16.2 Å². The molecule has 0 atom stereocenters. The van der Waals surface area contributed by atoms with E-state index in [1.165, 1.54) is 18.9 Å². The first-order valence-electron chi connectivity index (χ1n) is 6.60. The molecule has 0 aromatic heterocycles. The SMILES string of the molecule is FC(F)(F)c1cc(Br)ccc1NC1CCCCCC1. The summed E-state index contributed by atoms with van der Waals surface area (Å²) in [5.74, 6) is 0. The van der Waals surface area contributed by atoms with E-state index in [1.54, 1.807) is 6.07 Å². The largest absolute Gasteiger partial charge is 0.418 e. The molecule has 1 aromatic rings. The standard InChI is InChI=1S/C14H17BrF3N/c15-10-7-8-13(12(9-10)14(16,17)18)19-11-5-3-1-2-4-6-11/h7-9,11,19H,1-6H2. The summed E-state index contributed by atoms with van der Waals surface area (Å²) in [6.07, 6.45) is 2.14. The molecule has 0 heterocycles.